The van der Waals surface area contributed by atoms with Gasteiger partial charge in [0.2, 0.25) is 5.91 Å². The molecule has 1 amide bonds. The normalized spacial score (nSPS) is 13.0. The number of nitrogens with zero attached hydrogens (tertiary/aromatic N) is 1. The standard InChI is InChI=1S/C16H24N2O3/c1-18(16(19)5-3-2-4-8-17)12-13-6-7-14-15(11-13)21-10-9-20-14/h6-7,11H,2-5,8-10,12,17H2,1H3. The maximum Gasteiger partial charge on any atom is 0.222 e. The summed E-state index contributed by atoms with van der Waals surface area (Å²) in [5.74, 6) is 1.71. The molecule has 116 valence electrons. The van der Waals surface area contributed by atoms with Gasteiger partial charge in [0, 0.05) is 20.0 Å². The van der Waals surface area contributed by atoms with Crippen LogP contribution in [0.2, 0.25) is 0 Å². The number of unbranched alkanes of at least 4 members (excludes halogenated alkanes) is 2. The van der Waals surface area contributed by atoms with E-state index in [1.807, 2.05) is 25.2 Å². The molecule has 2 rings (SSSR count). The molecule has 1 aromatic carbocycles. The van der Waals surface area contributed by atoms with E-state index in [4.69, 9.17) is 15.2 Å². The lowest BCUT2D eigenvalue weighted by atomic mass is 10.1. The van der Waals surface area contributed by atoms with E-state index in [9.17, 15) is 4.79 Å². The third-order valence-electron chi connectivity index (χ3n) is 3.55. The summed E-state index contributed by atoms with van der Waals surface area (Å²) in [5.41, 5.74) is 6.50. The molecule has 0 unspecified atom stereocenters. The Bertz CT molecular complexity index is 477. The van der Waals surface area contributed by atoms with Crippen LogP contribution in [-0.4, -0.2) is 37.6 Å². The molecule has 0 saturated heterocycles. The zero-order chi connectivity index (χ0) is 15.1. The first-order chi connectivity index (χ1) is 10.2. The molecule has 5 nitrogen and oxygen atoms in total. The lowest BCUT2D eigenvalue weighted by Gasteiger charge is -2.21. The fraction of sp³-hybridized carbons (Fsp3) is 0.562. The van der Waals surface area contributed by atoms with Crippen LogP contribution in [-0.2, 0) is 11.3 Å². The molecule has 0 radical (unpaired) electrons. The smallest absolute Gasteiger partial charge is 0.222 e. The van der Waals surface area contributed by atoms with E-state index in [0.29, 0.717) is 32.7 Å². The molecule has 0 aromatic heterocycles. The maximum atomic E-state index is 12.0. The average Bonchev–Trinajstić information content (AvgIpc) is 2.51. The quantitative estimate of drug-likeness (QED) is 0.780. The summed E-state index contributed by atoms with van der Waals surface area (Å²) in [6, 6.07) is 5.84. The van der Waals surface area contributed by atoms with Crippen LogP contribution in [0.25, 0.3) is 0 Å². The van der Waals surface area contributed by atoms with Crippen molar-refractivity contribution in [2.24, 2.45) is 5.73 Å². The van der Waals surface area contributed by atoms with Crippen molar-refractivity contribution in [1.82, 2.24) is 4.90 Å². The van der Waals surface area contributed by atoms with Crippen LogP contribution in [0.3, 0.4) is 0 Å². The Kier molecular flexibility index (Phi) is 5.87. The van der Waals surface area contributed by atoms with Crippen molar-refractivity contribution >= 4 is 5.91 Å². The van der Waals surface area contributed by atoms with Crippen molar-refractivity contribution in [1.29, 1.82) is 0 Å². The number of nitrogens with two attached hydrogens (primary N) is 1. The van der Waals surface area contributed by atoms with Crippen LogP contribution in [0.15, 0.2) is 18.2 Å². The van der Waals surface area contributed by atoms with Crippen LogP contribution in [0.1, 0.15) is 31.2 Å². The van der Waals surface area contributed by atoms with Crippen LogP contribution in [0, 0.1) is 0 Å². The second kappa shape index (κ2) is 7.88. The van der Waals surface area contributed by atoms with Gasteiger partial charge in [-0.2, -0.15) is 0 Å². The number of hydrogen-bond acceptors (Lipinski definition) is 4. The second-order valence-electron chi connectivity index (χ2n) is 5.33. The zero-order valence-corrected chi connectivity index (χ0v) is 12.6. The van der Waals surface area contributed by atoms with Crippen molar-refractivity contribution in [2.45, 2.75) is 32.2 Å². The minimum atomic E-state index is 0.168. The summed E-state index contributed by atoms with van der Waals surface area (Å²) in [4.78, 5) is 13.8. The molecule has 21 heavy (non-hydrogen) atoms. The number of rotatable bonds is 7. The van der Waals surface area contributed by atoms with Gasteiger partial charge in [-0.05, 0) is 37.1 Å². The third-order valence-corrected chi connectivity index (χ3v) is 3.55. The zero-order valence-electron chi connectivity index (χ0n) is 12.6. The van der Waals surface area contributed by atoms with E-state index in [2.05, 4.69) is 0 Å². The molecular weight excluding hydrogens is 268 g/mol. The molecule has 0 bridgehead atoms. The first-order valence-corrected chi connectivity index (χ1v) is 7.53. The molecular formula is C16H24N2O3. The second-order valence-corrected chi connectivity index (χ2v) is 5.33. The monoisotopic (exact) mass is 292 g/mol. The predicted octanol–water partition coefficient (Wildman–Crippen LogP) is 1.94. The van der Waals surface area contributed by atoms with Gasteiger partial charge in [-0.1, -0.05) is 12.5 Å². The van der Waals surface area contributed by atoms with Gasteiger partial charge in [-0.15, -0.1) is 0 Å². The molecule has 1 aromatic rings. The Morgan fingerprint density at radius 1 is 1.19 bits per heavy atom. The summed E-state index contributed by atoms with van der Waals surface area (Å²) in [5, 5.41) is 0. The molecule has 1 aliphatic heterocycles. The topological polar surface area (TPSA) is 64.8 Å². The summed E-state index contributed by atoms with van der Waals surface area (Å²) in [6.07, 6.45) is 3.49. The van der Waals surface area contributed by atoms with Crippen LogP contribution >= 0.6 is 0 Å². The van der Waals surface area contributed by atoms with Gasteiger partial charge >= 0.3 is 0 Å². The molecule has 1 aliphatic rings. The van der Waals surface area contributed by atoms with E-state index < -0.39 is 0 Å². The largest absolute Gasteiger partial charge is 0.486 e. The number of ether oxygens (including phenoxy) is 2. The van der Waals surface area contributed by atoms with Gasteiger partial charge in [-0.3, -0.25) is 4.79 Å². The predicted molar refractivity (Wildman–Crippen MR) is 81.4 cm³/mol. The summed E-state index contributed by atoms with van der Waals surface area (Å²) in [7, 11) is 1.84. The van der Waals surface area contributed by atoms with Gasteiger partial charge in [-0.25, -0.2) is 0 Å². The van der Waals surface area contributed by atoms with Gasteiger partial charge < -0.3 is 20.1 Å². The summed E-state index contributed by atoms with van der Waals surface area (Å²) in [6.45, 7) is 2.45. The molecule has 0 atom stereocenters. The Morgan fingerprint density at radius 2 is 1.95 bits per heavy atom. The number of fused-ring (bicyclic) bond motifs is 1. The number of benzene rings is 1. The number of amides is 1. The van der Waals surface area contributed by atoms with Crippen LogP contribution < -0.4 is 15.2 Å². The third kappa shape index (κ3) is 4.63. The molecule has 0 saturated carbocycles. The van der Waals surface area contributed by atoms with Crippen molar-refractivity contribution < 1.29 is 14.3 Å². The first kappa shape index (κ1) is 15.6. The van der Waals surface area contributed by atoms with Crippen LogP contribution in [0.5, 0.6) is 11.5 Å². The van der Waals surface area contributed by atoms with E-state index in [0.717, 1.165) is 36.3 Å². The van der Waals surface area contributed by atoms with E-state index >= 15 is 0 Å². The summed E-state index contributed by atoms with van der Waals surface area (Å²) >= 11 is 0. The average molecular weight is 292 g/mol. The molecule has 0 spiro atoms. The highest BCUT2D eigenvalue weighted by molar-refractivity contribution is 5.75. The summed E-state index contributed by atoms with van der Waals surface area (Å²) < 4.78 is 11.0. The fourth-order valence-electron chi connectivity index (χ4n) is 2.34. The molecule has 5 heteroatoms. The van der Waals surface area contributed by atoms with Crippen molar-refractivity contribution in [3.63, 3.8) is 0 Å². The Labute approximate surface area is 126 Å². The van der Waals surface area contributed by atoms with Crippen molar-refractivity contribution in [3.8, 4) is 11.5 Å². The van der Waals surface area contributed by atoms with Crippen molar-refractivity contribution in [2.75, 3.05) is 26.8 Å². The minimum absolute atomic E-state index is 0.168. The Morgan fingerprint density at radius 3 is 2.71 bits per heavy atom. The van der Waals surface area contributed by atoms with Gasteiger partial charge in [0.05, 0.1) is 0 Å². The maximum absolute atomic E-state index is 12.0. The van der Waals surface area contributed by atoms with E-state index in [1.54, 1.807) is 4.90 Å². The van der Waals surface area contributed by atoms with Gasteiger partial charge in [0.1, 0.15) is 13.2 Å². The molecule has 2 N–H and O–H groups in total. The van der Waals surface area contributed by atoms with E-state index in [1.165, 1.54) is 0 Å². The lowest BCUT2D eigenvalue weighted by molar-refractivity contribution is -0.130. The SMILES string of the molecule is CN(Cc1ccc2c(c1)OCCO2)C(=O)CCCCCN. The number of carbonyl (C=O) groups is 1. The molecule has 1 heterocycles. The number of hydrogen-bond donors (Lipinski definition) is 1. The van der Waals surface area contributed by atoms with Gasteiger partial charge in [0.15, 0.2) is 11.5 Å². The molecule has 0 fully saturated rings. The Hall–Kier alpha value is -1.75. The molecule has 0 aliphatic carbocycles. The highest BCUT2D eigenvalue weighted by atomic mass is 16.6. The van der Waals surface area contributed by atoms with Crippen molar-refractivity contribution in [3.05, 3.63) is 23.8 Å². The Balaban J connectivity index is 1.84. The highest BCUT2D eigenvalue weighted by Gasteiger charge is 2.14. The minimum Gasteiger partial charge on any atom is -0.486 e. The fourth-order valence-corrected chi connectivity index (χ4v) is 2.34. The van der Waals surface area contributed by atoms with E-state index in [-0.39, 0.29) is 5.91 Å². The van der Waals surface area contributed by atoms with Gasteiger partial charge in [0.25, 0.3) is 0 Å². The van der Waals surface area contributed by atoms with Crippen LogP contribution in [0.4, 0.5) is 0 Å². The highest BCUT2D eigenvalue weighted by Crippen LogP contribution is 2.31. The first-order valence-electron chi connectivity index (χ1n) is 7.53. The number of carbonyl (C=O) groups excluding carboxylic acids is 1. The lowest BCUT2D eigenvalue weighted by Crippen LogP contribution is -2.26.